The molecule has 1 unspecified atom stereocenters. The number of carbonyl (C=O) groups excluding carboxylic acids is 2. The van der Waals surface area contributed by atoms with Gasteiger partial charge in [0.15, 0.2) is 0 Å². The summed E-state index contributed by atoms with van der Waals surface area (Å²) in [6.45, 7) is 0.725. The average Bonchev–Trinajstić information content (AvgIpc) is 3.36. The first-order chi connectivity index (χ1) is 14.4. The van der Waals surface area contributed by atoms with Crippen LogP contribution in [0.2, 0.25) is 0 Å². The molecule has 1 fully saturated rings. The first kappa shape index (κ1) is 22.2. The fraction of sp³-hybridized carbons (Fsp3) is 0.474. The Morgan fingerprint density at radius 2 is 2.07 bits per heavy atom. The Kier molecular flexibility index (Phi) is 7.08. The molecular formula is C19H25N3O7S. The minimum absolute atomic E-state index is 0.0218. The SMILES string of the molecule is COC(=O)C1=C(Nc2ccc(S(=O)(=O)NCC3CCCO3)cc2)C(=O)N(CCO)C1. The van der Waals surface area contributed by atoms with Gasteiger partial charge < -0.3 is 24.8 Å². The molecule has 3 N–H and O–H groups in total. The van der Waals surface area contributed by atoms with Crippen LogP contribution in [0, 0.1) is 0 Å². The number of ether oxygens (including phenoxy) is 2. The average molecular weight is 439 g/mol. The number of aliphatic hydroxyl groups is 1. The predicted molar refractivity (Wildman–Crippen MR) is 107 cm³/mol. The molecule has 11 heteroatoms. The summed E-state index contributed by atoms with van der Waals surface area (Å²) in [5.74, 6) is -1.09. The summed E-state index contributed by atoms with van der Waals surface area (Å²) in [6.07, 6.45) is 1.63. The standard InChI is InChI=1S/C19H25N3O7S/c1-28-19(25)16-12-22(8-9-23)18(24)17(16)21-13-4-6-15(7-5-13)30(26,27)20-11-14-3-2-10-29-14/h4-7,14,20-21,23H,2-3,8-12H2,1H3. The fourth-order valence-electron chi connectivity index (χ4n) is 3.30. The molecule has 10 nitrogen and oxygen atoms in total. The van der Waals surface area contributed by atoms with E-state index in [1.54, 1.807) is 0 Å². The number of nitrogens with one attached hydrogen (secondary N) is 2. The molecule has 1 aromatic carbocycles. The van der Waals surface area contributed by atoms with Crippen molar-refractivity contribution in [1.29, 1.82) is 0 Å². The van der Waals surface area contributed by atoms with Gasteiger partial charge in [0.25, 0.3) is 5.91 Å². The van der Waals surface area contributed by atoms with E-state index in [0.29, 0.717) is 12.3 Å². The largest absolute Gasteiger partial charge is 0.466 e. The van der Waals surface area contributed by atoms with Crippen LogP contribution in [0.4, 0.5) is 5.69 Å². The number of methoxy groups -OCH3 is 1. The fourth-order valence-corrected chi connectivity index (χ4v) is 4.37. The quantitative estimate of drug-likeness (QED) is 0.451. The lowest BCUT2D eigenvalue weighted by molar-refractivity contribution is -0.136. The molecule has 164 valence electrons. The number of nitrogens with zero attached hydrogens (tertiary/aromatic N) is 1. The molecule has 1 saturated heterocycles. The third kappa shape index (κ3) is 4.98. The molecule has 2 aliphatic rings. The van der Waals surface area contributed by atoms with Crippen LogP contribution in [0.3, 0.4) is 0 Å². The van der Waals surface area contributed by atoms with E-state index in [4.69, 9.17) is 14.6 Å². The monoisotopic (exact) mass is 439 g/mol. The van der Waals surface area contributed by atoms with E-state index in [1.165, 1.54) is 36.3 Å². The third-order valence-corrected chi connectivity index (χ3v) is 6.35. The number of esters is 1. The Balaban J connectivity index is 1.72. The number of carbonyl (C=O) groups is 2. The summed E-state index contributed by atoms with van der Waals surface area (Å²) in [5.41, 5.74) is 0.622. The molecule has 2 heterocycles. The summed E-state index contributed by atoms with van der Waals surface area (Å²) < 4.78 is 37.6. The van der Waals surface area contributed by atoms with Gasteiger partial charge in [-0.25, -0.2) is 17.9 Å². The Bertz CT molecular complexity index is 922. The van der Waals surface area contributed by atoms with Crippen LogP contribution < -0.4 is 10.0 Å². The van der Waals surface area contributed by atoms with Crippen molar-refractivity contribution >= 4 is 27.6 Å². The highest BCUT2D eigenvalue weighted by atomic mass is 32.2. The van der Waals surface area contributed by atoms with Gasteiger partial charge in [0.1, 0.15) is 5.70 Å². The van der Waals surface area contributed by atoms with Crippen LogP contribution in [0.15, 0.2) is 40.4 Å². The maximum absolute atomic E-state index is 12.5. The van der Waals surface area contributed by atoms with E-state index in [0.717, 1.165) is 12.8 Å². The topological polar surface area (TPSA) is 134 Å². The van der Waals surface area contributed by atoms with Crippen LogP contribution in [0.5, 0.6) is 0 Å². The molecule has 1 aromatic rings. The smallest absolute Gasteiger partial charge is 0.337 e. The summed E-state index contributed by atoms with van der Waals surface area (Å²) in [6, 6.07) is 5.82. The zero-order valence-corrected chi connectivity index (χ0v) is 17.4. The number of rotatable bonds is 9. The van der Waals surface area contributed by atoms with Crippen molar-refractivity contribution in [2.24, 2.45) is 0 Å². The molecule has 0 aromatic heterocycles. The Morgan fingerprint density at radius 1 is 1.33 bits per heavy atom. The van der Waals surface area contributed by atoms with E-state index < -0.39 is 21.9 Å². The van der Waals surface area contributed by atoms with Crippen molar-refractivity contribution in [1.82, 2.24) is 9.62 Å². The lowest BCUT2D eigenvalue weighted by atomic mass is 10.2. The molecule has 0 bridgehead atoms. The van der Waals surface area contributed by atoms with E-state index in [-0.39, 0.29) is 48.5 Å². The number of benzene rings is 1. The highest BCUT2D eigenvalue weighted by Crippen LogP contribution is 2.23. The summed E-state index contributed by atoms with van der Waals surface area (Å²) >= 11 is 0. The second kappa shape index (κ2) is 9.56. The van der Waals surface area contributed by atoms with Crippen LogP contribution in [0.25, 0.3) is 0 Å². The van der Waals surface area contributed by atoms with Gasteiger partial charge in [-0.1, -0.05) is 0 Å². The zero-order chi connectivity index (χ0) is 21.7. The molecule has 30 heavy (non-hydrogen) atoms. The van der Waals surface area contributed by atoms with Gasteiger partial charge in [-0.3, -0.25) is 4.79 Å². The highest BCUT2D eigenvalue weighted by molar-refractivity contribution is 7.89. The van der Waals surface area contributed by atoms with Gasteiger partial charge in [-0.15, -0.1) is 0 Å². The molecule has 0 aliphatic carbocycles. The van der Waals surface area contributed by atoms with Crippen molar-refractivity contribution in [3.63, 3.8) is 0 Å². The summed E-state index contributed by atoms with van der Waals surface area (Å²) in [7, 11) is -2.48. The van der Waals surface area contributed by atoms with Gasteiger partial charge >= 0.3 is 5.97 Å². The van der Waals surface area contributed by atoms with Gasteiger partial charge in [-0.05, 0) is 37.1 Å². The maximum Gasteiger partial charge on any atom is 0.337 e. The van der Waals surface area contributed by atoms with Gasteiger partial charge in [0.05, 0.1) is 36.8 Å². The first-order valence-electron chi connectivity index (χ1n) is 9.55. The van der Waals surface area contributed by atoms with Crippen LogP contribution >= 0.6 is 0 Å². The van der Waals surface area contributed by atoms with Gasteiger partial charge in [0, 0.05) is 25.4 Å². The van der Waals surface area contributed by atoms with Crippen molar-refractivity contribution < 1.29 is 32.6 Å². The molecule has 0 radical (unpaired) electrons. The number of amides is 1. The maximum atomic E-state index is 12.5. The number of hydrogen-bond donors (Lipinski definition) is 3. The van der Waals surface area contributed by atoms with E-state index in [1.807, 2.05) is 0 Å². The first-order valence-corrected chi connectivity index (χ1v) is 11.0. The molecular weight excluding hydrogens is 414 g/mol. The lowest BCUT2D eigenvalue weighted by Crippen LogP contribution is -2.32. The number of anilines is 1. The zero-order valence-electron chi connectivity index (χ0n) is 16.6. The van der Waals surface area contributed by atoms with Crippen LogP contribution in [0.1, 0.15) is 12.8 Å². The Hall–Kier alpha value is -2.47. The normalized spacial score (nSPS) is 19.5. The molecule has 0 spiro atoms. The van der Waals surface area contributed by atoms with E-state index in [2.05, 4.69) is 10.0 Å². The van der Waals surface area contributed by atoms with Crippen LogP contribution in [-0.4, -0.2) is 76.4 Å². The second-order valence-electron chi connectivity index (χ2n) is 6.93. The highest BCUT2D eigenvalue weighted by Gasteiger charge is 2.34. The van der Waals surface area contributed by atoms with Crippen molar-refractivity contribution in [2.45, 2.75) is 23.8 Å². The number of sulfonamides is 1. The number of hydrogen-bond acceptors (Lipinski definition) is 8. The molecule has 1 atom stereocenters. The second-order valence-corrected chi connectivity index (χ2v) is 8.70. The summed E-state index contributed by atoms with van der Waals surface area (Å²) in [5, 5.41) is 12.0. The van der Waals surface area contributed by atoms with Crippen molar-refractivity contribution in [2.75, 3.05) is 45.3 Å². The number of aliphatic hydroxyl groups excluding tert-OH is 1. The van der Waals surface area contributed by atoms with E-state index >= 15 is 0 Å². The molecule has 2 aliphatic heterocycles. The molecule has 1 amide bonds. The predicted octanol–water partition coefficient (Wildman–Crippen LogP) is -0.183. The Morgan fingerprint density at radius 3 is 2.67 bits per heavy atom. The third-order valence-electron chi connectivity index (χ3n) is 4.91. The van der Waals surface area contributed by atoms with E-state index in [9.17, 15) is 18.0 Å². The molecule has 3 rings (SSSR count). The number of β-amino-alcohol motifs (C(OH)–C–C–N with tert-alkyl or cyclic N) is 1. The minimum Gasteiger partial charge on any atom is -0.466 e. The summed E-state index contributed by atoms with van der Waals surface area (Å²) in [4.78, 5) is 26.0. The van der Waals surface area contributed by atoms with Gasteiger partial charge in [-0.2, -0.15) is 0 Å². The van der Waals surface area contributed by atoms with Crippen molar-refractivity contribution in [3.05, 3.63) is 35.5 Å². The van der Waals surface area contributed by atoms with Crippen LogP contribution in [-0.2, 0) is 29.1 Å². The Labute approximate surface area is 174 Å². The lowest BCUT2D eigenvalue weighted by Gasteiger charge is -2.15. The molecule has 0 saturated carbocycles. The minimum atomic E-state index is -3.69. The van der Waals surface area contributed by atoms with Crippen molar-refractivity contribution in [3.8, 4) is 0 Å². The van der Waals surface area contributed by atoms with Gasteiger partial charge in [0.2, 0.25) is 10.0 Å².